The Morgan fingerprint density at radius 2 is 1.86 bits per heavy atom. The van der Waals surface area contributed by atoms with Crippen LogP contribution in [0.4, 0.5) is 4.39 Å². The first-order chi connectivity index (χ1) is 13.7. The second-order valence-corrected chi connectivity index (χ2v) is 7.97. The van der Waals surface area contributed by atoms with E-state index >= 15 is 0 Å². The third-order valence-corrected chi connectivity index (χ3v) is 6.02. The normalized spacial score (nSPS) is 23.2. The quantitative estimate of drug-likeness (QED) is 0.755. The van der Waals surface area contributed by atoms with Crippen molar-refractivity contribution >= 4 is 0 Å². The van der Waals surface area contributed by atoms with Gasteiger partial charge in [-0.3, -0.25) is 4.79 Å². The fraction of sp³-hybridized carbons (Fsp3) is 0.318. The summed E-state index contributed by atoms with van der Waals surface area (Å²) in [7, 11) is 0. The van der Waals surface area contributed by atoms with Crippen LogP contribution in [0.1, 0.15) is 23.6 Å². The summed E-state index contributed by atoms with van der Waals surface area (Å²) in [6.45, 7) is 3.66. The second-order valence-electron chi connectivity index (χ2n) is 7.97. The van der Waals surface area contributed by atoms with Crippen LogP contribution in [0.2, 0.25) is 0 Å². The first kappa shape index (κ1) is 17.3. The number of fused-ring (bicyclic) bond motifs is 4. The van der Waals surface area contributed by atoms with E-state index in [9.17, 15) is 9.18 Å². The zero-order chi connectivity index (χ0) is 19.1. The van der Waals surface area contributed by atoms with Gasteiger partial charge in [0.05, 0.1) is 13.1 Å². The molecule has 3 aromatic rings. The molecule has 3 atom stereocenters. The van der Waals surface area contributed by atoms with Gasteiger partial charge in [0.25, 0.3) is 5.56 Å². The van der Waals surface area contributed by atoms with Crippen LogP contribution in [-0.2, 0) is 13.1 Å². The zero-order valence-corrected chi connectivity index (χ0v) is 15.5. The molecule has 5 nitrogen and oxygen atoms in total. The molecule has 0 saturated carbocycles. The van der Waals surface area contributed by atoms with Crippen molar-refractivity contribution in [3.05, 3.63) is 82.5 Å². The number of aromatic nitrogens is 3. The van der Waals surface area contributed by atoms with Gasteiger partial charge >= 0.3 is 0 Å². The third-order valence-electron chi connectivity index (χ3n) is 6.02. The molecule has 0 radical (unpaired) electrons. The summed E-state index contributed by atoms with van der Waals surface area (Å²) in [4.78, 5) is 22.4. The van der Waals surface area contributed by atoms with Gasteiger partial charge in [-0.25, -0.2) is 14.4 Å². The minimum absolute atomic E-state index is 0.0762. The molecule has 0 aliphatic carbocycles. The number of likely N-dealkylation sites (tertiary alicyclic amines) is 1. The summed E-state index contributed by atoms with van der Waals surface area (Å²) in [6, 6.07) is 10.4. The maximum absolute atomic E-state index is 13.2. The molecule has 4 heterocycles. The number of piperidine rings is 1. The molecular formula is C22H22FN4O+. The van der Waals surface area contributed by atoms with Crippen molar-refractivity contribution in [2.75, 3.05) is 13.1 Å². The fourth-order valence-electron chi connectivity index (χ4n) is 4.95. The van der Waals surface area contributed by atoms with Crippen LogP contribution in [0, 0.1) is 11.7 Å². The van der Waals surface area contributed by atoms with E-state index in [0.29, 0.717) is 11.8 Å². The number of halogens is 1. The van der Waals surface area contributed by atoms with Gasteiger partial charge in [0.15, 0.2) is 0 Å². The van der Waals surface area contributed by atoms with Crippen LogP contribution in [-0.4, -0.2) is 27.6 Å². The van der Waals surface area contributed by atoms with E-state index in [1.54, 1.807) is 6.07 Å². The van der Waals surface area contributed by atoms with Gasteiger partial charge in [-0.15, -0.1) is 0 Å². The highest BCUT2D eigenvalue weighted by molar-refractivity contribution is 5.65. The minimum atomic E-state index is -0.197. The Hall–Kier alpha value is -2.86. The lowest BCUT2D eigenvalue weighted by Gasteiger charge is -2.41. The van der Waals surface area contributed by atoms with Gasteiger partial charge in [0.1, 0.15) is 18.7 Å². The lowest BCUT2D eigenvalue weighted by molar-refractivity contribution is -0.924. The summed E-state index contributed by atoms with van der Waals surface area (Å²) in [5.41, 5.74) is 4.36. The lowest BCUT2D eigenvalue weighted by atomic mass is 9.80. The van der Waals surface area contributed by atoms with Crippen molar-refractivity contribution in [3.8, 4) is 11.1 Å². The van der Waals surface area contributed by atoms with E-state index in [-0.39, 0.29) is 11.4 Å². The Bertz CT molecular complexity index is 1050. The third kappa shape index (κ3) is 3.14. The number of hydrogen-bond donors (Lipinski definition) is 1. The smallest absolute Gasteiger partial charge is 0.250 e. The van der Waals surface area contributed by atoms with Crippen LogP contribution in [0.5, 0.6) is 0 Å². The predicted octanol–water partition coefficient (Wildman–Crippen LogP) is 1.65. The van der Waals surface area contributed by atoms with Crippen LogP contribution in [0.3, 0.4) is 0 Å². The summed E-state index contributed by atoms with van der Waals surface area (Å²) in [5, 5.41) is 0. The highest BCUT2D eigenvalue weighted by Gasteiger charge is 2.38. The number of hydrogen-bond acceptors (Lipinski definition) is 3. The van der Waals surface area contributed by atoms with Crippen LogP contribution >= 0.6 is 0 Å². The summed E-state index contributed by atoms with van der Waals surface area (Å²) < 4.78 is 15.2. The number of rotatable bonds is 3. The summed E-state index contributed by atoms with van der Waals surface area (Å²) in [6.07, 6.45) is 6.25. The summed E-state index contributed by atoms with van der Waals surface area (Å²) in [5.74, 6) is 0.617. The Balaban J connectivity index is 1.49. The van der Waals surface area contributed by atoms with Crippen LogP contribution < -0.4 is 10.5 Å². The second kappa shape index (κ2) is 6.95. The average molecular weight is 377 g/mol. The zero-order valence-electron chi connectivity index (χ0n) is 15.5. The molecule has 1 aromatic carbocycles. The van der Waals surface area contributed by atoms with Crippen molar-refractivity contribution in [2.24, 2.45) is 5.92 Å². The molecule has 0 amide bonds. The molecule has 2 aromatic heterocycles. The van der Waals surface area contributed by atoms with Gasteiger partial charge in [-0.1, -0.05) is 12.1 Å². The Labute approximate surface area is 162 Å². The molecule has 28 heavy (non-hydrogen) atoms. The molecule has 1 N–H and O–H groups in total. The van der Waals surface area contributed by atoms with Gasteiger partial charge in [-0.05, 0) is 24.6 Å². The maximum atomic E-state index is 13.2. The first-order valence-electron chi connectivity index (χ1n) is 9.74. The van der Waals surface area contributed by atoms with Gasteiger partial charge in [0.2, 0.25) is 0 Å². The van der Waals surface area contributed by atoms with Crippen molar-refractivity contribution in [1.29, 1.82) is 0 Å². The van der Waals surface area contributed by atoms with Crippen molar-refractivity contribution in [1.82, 2.24) is 14.5 Å². The number of nitrogens with one attached hydrogen (secondary N) is 1. The predicted molar refractivity (Wildman–Crippen MR) is 103 cm³/mol. The first-order valence-corrected chi connectivity index (χ1v) is 9.74. The lowest BCUT2D eigenvalue weighted by Crippen LogP contribution is -3.13. The van der Waals surface area contributed by atoms with E-state index in [1.165, 1.54) is 23.4 Å². The van der Waals surface area contributed by atoms with E-state index in [0.717, 1.165) is 55.0 Å². The Morgan fingerprint density at radius 1 is 1.07 bits per heavy atom. The molecule has 2 aliphatic heterocycles. The van der Waals surface area contributed by atoms with Gasteiger partial charge in [-0.2, -0.15) is 0 Å². The molecule has 2 bridgehead atoms. The molecule has 1 fully saturated rings. The molecule has 1 unspecified atom stereocenters. The van der Waals surface area contributed by atoms with Crippen LogP contribution in [0.25, 0.3) is 11.1 Å². The number of benzene rings is 1. The van der Waals surface area contributed by atoms with Crippen LogP contribution in [0.15, 0.2) is 59.9 Å². The highest BCUT2D eigenvalue weighted by atomic mass is 19.1. The van der Waals surface area contributed by atoms with E-state index < -0.39 is 0 Å². The molecule has 142 valence electrons. The SMILES string of the molecule is O=c1ccc(-c2cncnc2)c2n1C[C@H]1C[C@@H]2C[NH+](Cc2ccc(F)cc2)C1. The van der Waals surface area contributed by atoms with Gasteiger partial charge in [0, 0.05) is 59.2 Å². The monoisotopic (exact) mass is 377 g/mol. The molecule has 1 saturated heterocycles. The topological polar surface area (TPSA) is 52.2 Å². The molecule has 0 spiro atoms. The molecule has 2 aliphatic rings. The maximum Gasteiger partial charge on any atom is 0.250 e. The van der Waals surface area contributed by atoms with Gasteiger partial charge < -0.3 is 9.47 Å². The largest absolute Gasteiger partial charge is 0.330 e. The summed E-state index contributed by atoms with van der Waals surface area (Å²) >= 11 is 0. The van der Waals surface area contributed by atoms with E-state index in [1.807, 2.05) is 35.2 Å². The molecule has 6 heteroatoms. The number of quaternary nitrogens is 1. The highest BCUT2D eigenvalue weighted by Crippen LogP contribution is 2.36. The van der Waals surface area contributed by atoms with E-state index in [4.69, 9.17) is 0 Å². The van der Waals surface area contributed by atoms with Crippen molar-refractivity contribution in [3.63, 3.8) is 0 Å². The van der Waals surface area contributed by atoms with E-state index in [2.05, 4.69) is 9.97 Å². The Morgan fingerprint density at radius 3 is 2.64 bits per heavy atom. The van der Waals surface area contributed by atoms with Crippen molar-refractivity contribution < 1.29 is 9.29 Å². The number of pyridine rings is 1. The molecule has 5 rings (SSSR count). The molecular weight excluding hydrogens is 355 g/mol. The minimum Gasteiger partial charge on any atom is -0.330 e. The standard InChI is InChI=1S/C22H21FN4O/c23-19-3-1-15(2-4-19)10-26-11-16-7-17(13-26)22-20(18-8-24-14-25-9-18)5-6-21(28)27(22)12-16/h1-6,8-9,14,16-17H,7,10-13H2/p+1/t16-,17+/m0/s1. The fourth-order valence-corrected chi connectivity index (χ4v) is 4.95. The average Bonchev–Trinajstić information content (AvgIpc) is 2.71. The van der Waals surface area contributed by atoms with Crippen molar-refractivity contribution in [2.45, 2.75) is 25.4 Å². The number of nitrogens with zero attached hydrogens (tertiary/aromatic N) is 3. The Kier molecular flexibility index (Phi) is 4.28.